The van der Waals surface area contributed by atoms with Crippen LogP contribution >= 0.6 is 15.9 Å². The molecule has 0 saturated heterocycles. The van der Waals surface area contributed by atoms with Crippen molar-refractivity contribution in [2.45, 2.75) is 50.7 Å². The summed E-state index contributed by atoms with van der Waals surface area (Å²) in [6.45, 7) is 4.39. The van der Waals surface area contributed by atoms with E-state index in [-0.39, 0.29) is 5.41 Å². The Morgan fingerprint density at radius 1 is 1.24 bits per heavy atom. The molecule has 1 saturated carbocycles. The molecule has 0 amide bonds. The molecule has 29 heavy (non-hydrogen) atoms. The average Bonchev–Trinajstić information content (AvgIpc) is 3.04. The number of hydroxylamine groups is 2. The maximum Gasteiger partial charge on any atom is 0.219 e. The second-order valence-corrected chi connectivity index (χ2v) is 9.53. The van der Waals surface area contributed by atoms with Gasteiger partial charge in [0, 0.05) is 22.5 Å². The van der Waals surface area contributed by atoms with Gasteiger partial charge in [-0.1, -0.05) is 65.0 Å². The van der Waals surface area contributed by atoms with Crippen molar-refractivity contribution >= 4 is 21.9 Å². The van der Waals surface area contributed by atoms with Crippen LogP contribution in [0.2, 0.25) is 0 Å². The largest absolute Gasteiger partial charge is 0.368 e. The van der Waals surface area contributed by atoms with E-state index in [4.69, 9.17) is 15.6 Å². The van der Waals surface area contributed by atoms with E-state index in [2.05, 4.69) is 65.0 Å². The van der Waals surface area contributed by atoms with Gasteiger partial charge in [-0.05, 0) is 62.5 Å². The van der Waals surface area contributed by atoms with E-state index in [0.29, 0.717) is 11.9 Å². The Morgan fingerprint density at radius 3 is 2.62 bits per heavy atom. The van der Waals surface area contributed by atoms with Crippen LogP contribution in [0.1, 0.15) is 44.1 Å². The summed E-state index contributed by atoms with van der Waals surface area (Å²) < 4.78 is 0.989. The third-order valence-corrected chi connectivity index (χ3v) is 7.32. The first-order valence-electron chi connectivity index (χ1n) is 10.5. The Kier molecular flexibility index (Phi) is 5.71. The van der Waals surface area contributed by atoms with E-state index >= 15 is 0 Å². The summed E-state index contributed by atoms with van der Waals surface area (Å²) in [7, 11) is 1.83. The van der Waals surface area contributed by atoms with Gasteiger partial charge in [-0.25, -0.2) is 14.9 Å². The van der Waals surface area contributed by atoms with E-state index in [0.717, 1.165) is 42.2 Å². The number of hydrogen-bond donors (Lipinski definition) is 1. The second-order valence-electron chi connectivity index (χ2n) is 8.61. The van der Waals surface area contributed by atoms with Crippen LogP contribution in [0, 0.1) is 11.3 Å². The van der Waals surface area contributed by atoms with Crippen molar-refractivity contribution in [3.05, 3.63) is 70.8 Å². The van der Waals surface area contributed by atoms with Crippen LogP contribution < -0.4 is 5.73 Å². The van der Waals surface area contributed by atoms with E-state index in [1.54, 1.807) is 5.06 Å². The van der Waals surface area contributed by atoms with Gasteiger partial charge in [0.1, 0.15) is 0 Å². The van der Waals surface area contributed by atoms with Crippen LogP contribution in [0.25, 0.3) is 0 Å². The molecule has 2 aliphatic carbocycles. The van der Waals surface area contributed by atoms with Crippen molar-refractivity contribution in [3.8, 4) is 0 Å². The zero-order chi connectivity index (χ0) is 20.5. The second kappa shape index (κ2) is 8.11. The quantitative estimate of drug-likeness (QED) is 0.641. The van der Waals surface area contributed by atoms with E-state index in [1.807, 2.05) is 13.1 Å². The molecular formula is C24H30BrN3O. The Bertz CT molecular complexity index is 852. The van der Waals surface area contributed by atoms with Crippen molar-refractivity contribution in [3.63, 3.8) is 0 Å². The molecule has 2 N–H and O–H groups in total. The molecule has 2 spiro atoms. The number of aliphatic imine (C=N–C) groups is 1. The lowest BCUT2D eigenvalue weighted by Gasteiger charge is -2.49. The highest BCUT2D eigenvalue weighted by Gasteiger charge is 2.58. The summed E-state index contributed by atoms with van der Waals surface area (Å²) in [4.78, 5) is 11.3. The molecule has 1 atom stereocenters. The molecule has 0 radical (unpaired) electrons. The summed E-state index contributed by atoms with van der Waals surface area (Å²) in [5.41, 5.74) is 7.55. The fraction of sp³-hybridized carbons (Fsp3) is 0.458. The number of nitrogens with zero attached hydrogens (tertiary/aromatic N) is 2. The number of allylic oxidation sites excluding steroid dienone is 3. The Labute approximate surface area is 182 Å². The van der Waals surface area contributed by atoms with Gasteiger partial charge in [0.25, 0.3) is 0 Å². The molecule has 0 bridgehead atoms. The van der Waals surface area contributed by atoms with Crippen molar-refractivity contribution in [2.24, 2.45) is 22.1 Å². The third-order valence-electron chi connectivity index (χ3n) is 6.83. The third kappa shape index (κ3) is 3.82. The number of rotatable bonds is 2. The van der Waals surface area contributed by atoms with Crippen LogP contribution in [0.3, 0.4) is 0 Å². The van der Waals surface area contributed by atoms with Crippen LogP contribution in [-0.4, -0.2) is 23.8 Å². The van der Waals surface area contributed by atoms with Crippen LogP contribution in [0.4, 0.5) is 0 Å². The number of halogens is 1. The van der Waals surface area contributed by atoms with Gasteiger partial charge >= 0.3 is 0 Å². The SMILES string of the molecule is C=C1/C=C(Br)\C=C/CCC2(CCC(Cc3ccccc3)CC2)C12N=C(N)N(C)O2. The highest BCUT2D eigenvalue weighted by atomic mass is 79.9. The fourth-order valence-electron chi connectivity index (χ4n) is 5.19. The maximum absolute atomic E-state index is 6.41. The normalized spacial score (nSPS) is 35.6. The Balaban J connectivity index is 1.63. The van der Waals surface area contributed by atoms with E-state index in [9.17, 15) is 0 Å². The summed E-state index contributed by atoms with van der Waals surface area (Å²) >= 11 is 3.63. The van der Waals surface area contributed by atoms with Gasteiger partial charge in [-0.15, -0.1) is 0 Å². The topological polar surface area (TPSA) is 50.8 Å². The van der Waals surface area contributed by atoms with Gasteiger partial charge in [-0.2, -0.15) is 0 Å². The smallest absolute Gasteiger partial charge is 0.219 e. The van der Waals surface area contributed by atoms with Gasteiger partial charge < -0.3 is 5.73 Å². The summed E-state index contributed by atoms with van der Waals surface area (Å²) in [5.74, 6) is 1.12. The number of guanidine groups is 1. The molecule has 1 unspecified atom stereocenters. The minimum Gasteiger partial charge on any atom is -0.368 e. The predicted molar refractivity (Wildman–Crippen MR) is 122 cm³/mol. The molecule has 1 heterocycles. The molecule has 0 aromatic heterocycles. The number of nitrogens with two attached hydrogens (primary N) is 1. The molecule has 154 valence electrons. The minimum absolute atomic E-state index is 0.106. The van der Waals surface area contributed by atoms with Gasteiger partial charge in [0.15, 0.2) is 0 Å². The van der Waals surface area contributed by atoms with Gasteiger partial charge in [0.2, 0.25) is 11.7 Å². The highest BCUT2D eigenvalue weighted by molar-refractivity contribution is 9.11. The first kappa shape index (κ1) is 20.4. The molecule has 1 aromatic rings. The standard InChI is InChI=1S/C24H30BrN3O/c1-18-16-21(25)10-6-7-13-23(24(18)27-22(26)28(2)29-24)14-11-20(12-15-23)17-19-8-4-3-5-9-19/h3-6,8-10,16,20H,1,7,11-15,17H2,2H3,(H2,26,27)/b10-6-,21-16+. The monoisotopic (exact) mass is 455 g/mol. The molecule has 1 aromatic carbocycles. The number of benzene rings is 1. The lowest BCUT2D eigenvalue weighted by molar-refractivity contribution is -0.211. The lowest BCUT2D eigenvalue weighted by atomic mass is 9.60. The molecule has 1 fully saturated rings. The lowest BCUT2D eigenvalue weighted by Crippen LogP contribution is -2.51. The van der Waals surface area contributed by atoms with Crippen LogP contribution in [0.15, 0.2) is 70.2 Å². The zero-order valence-electron chi connectivity index (χ0n) is 17.1. The molecule has 4 nitrogen and oxygen atoms in total. The van der Waals surface area contributed by atoms with Crippen molar-refractivity contribution in [2.75, 3.05) is 7.05 Å². The van der Waals surface area contributed by atoms with Crippen LogP contribution in [0.5, 0.6) is 0 Å². The first-order valence-corrected chi connectivity index (χ1v) is 11.3. The molecule has 4 rings (SSSR count). The summed E-state index contributed by atoms with van der Waals surface area (Å²) in [6, 6.07) is 10.8. The maximum atomic E-state index is 6.41. The predicted octanol–water partition coefficient (Wildman–Crippen LogP) is 5.48. The molecule has 5 heteroatoms. The zero-order valence-corrected chi connectivity index (χ0v) is 18.7. The first-order chi connectivity index (χ1) is 13.9. The minimum atomic E-state index is -0.825. The van der Waals surface area contributed by atoms with Crippen LogP contribution in [-0.2, 0) is 11.3 Å². The van der Waals surface area contributed by atoms with Gasteiger partial charge in [0.05, 0.1) is 0 Å². The fourth-order valence-corrected chi connectivity index (χ4v) is 5.65. The molecule has 1 aliphatic heterocycles. The highest BCUT2D eigenvalue weighted by Crippen LogP contribution is 2.57. The van der Waals surface area contributed by atoms with Crippen molar-refractivity contribution < 1.29 is 4.84 Å². The van der Waals surface area contributed by atoms with Crippen molar-refractivity contribution in [1.29, 1.82) is 0 Å². The summed E-state index contributed by atoms with van der Waals surface area (Å²) in [5, 5.41) is 1.61. The van der Waals surface area contributed by atoms with E-state index in [1.165, 1.54) is 18.4 Å². The average molecular weight is 456 g/mol. The van der Waals surface area contributed by atoms with Crippen molar-refractivity contribution in [1.82, 2.24) is 5.06 Å². The Morgan fingerprint density at radius 2 is 1.97 bits per heavy atom. The number of fused-ring (bicyclic) bond motifs is 1. The van der Waals surface area contributed by atoms with E-state index < -0.39 is 5.72 Å². The molecule has 3 aliphatic rings. The number of hydrogen-bond acceptors (Lipinski definition) is 4. The molecular weight excluding hydrogens is 426 g/mol. The Hall–Kier alpha value is -1.85. The summed E-state index contributed by atoms with van der Waals surface area (Å²) in [6.07, 6.45) is 14.0. The van der Waals surface area contributed by atoms with Gasteiger partial charge in [-0.3, -0.25) is 0 Å².